The highest BCUT2D eigenvalue weighted by molar-refractivity contribution is 7.47. The number of phosphoric ester groups is 1. The molecule has 12 heteroatoms. The number of ether oxygens (including phenoxy) is 3. The Hall–Kier alpha value is -3.86. The summed E-state index contributed by atoms with van der Waals surface area (Å²) in [6.45, 7) is 4.32. The maximum atomic E-state index is 12.9. The molecule has 0 radical (unpaired) electrons. The number of esters is 3. The summed E-state index contributed by atoms with van der Waals surface area (Å²) < 4.78 is 39.4. The summed E-state index contributed by atoms with van der Waals surface area (Å²) in [6.07, 6.45) is 63.4. The SMILES string of the molecule is CC/C=C\C/C=C\C/C=C\C/C=C\C/C=C\CCCC(=O)OC(COC(=O)CCCCCCC/C=C\C/C=C\CCC)COP(=O)(O)OCC(CO)OC(=O)CCCCCCC/C=C\C/C=C\CCCCC. The van der Waals surface area contributed by atoms with E-state index in [2.05, 4.69) is 118 Å². The Labute approximate surface area is 437 Å². The van der Waals surface area contributed by atoms with E-state index in [9.17, 15) is 28.9 Å². The van der Waals surface area contributed by atoms with Gasteiger partial charge in [0.25, 0.3) is 0 Å². The molecule has 11 nitrogen and oxygen atoms in total. The van der Waals surface area contributed by atoms with Gasteiger partial charge in [0.15, 0.2) is 6.10 Å². The lowest BCUT2D eigenvalue weighted by Crippen LogP contribution is -2.30. The summed E-state index contributed by atoms with van der Waals surface area (Å²) in [6, 6.07) is 0. The first kappa shape index (κ1) is 68.1. The third-order valence-electron chi connectivity index (χ3n) is 11.1. The maximum absolute atomic E-state index is 12.9. The van der Waals surface area contributed by atoms with Gasteiger partial charge in [-0.25, -0.2) is 4.57 Å². The van der Waals surface area contributed by atoms with Gasteiger partial charge in [-0.1, -0.05) is 188 Å². The number of rotatable bonds is 50. The van der Waals surface area contributed by atoms with Crippen molar-refractivity contribution < 1.29 is 52.2 Å². The molecule has 72 heavy (non-hydrogen) atoms. The second-order valence-electron chi connectivity index (χ2n) is 18.0. The minimum absolute atomic E-state index is 0.0799. The number of aliphatic hydroxyl groups excluding tert-OH is 1. The fraction of sp³-hybridized carbons (Fsp3) is 0.650. The summed E-state index contributed by atoms with van der Waals surface area (Å²) in [5.74, 6) is -1.58. The van der Waals surface area contributed by atoms with Crippen LogP contribution in [0.3, 0.4) is 0 Å². The summed E-state index contributed by atoms with van der Waals surface area (Å²) in [5.41, 5.74) is 0. The standard InChI is InChI=1S/C60H99O11P/c1-4-7-10-13-16-19-22-25-27-28-30-33-36-39-42-45-48-51-60(64)71-57(53-67-58(62)49-46-43-40-37-34-31-24-21-18-15-12-9-6-3)55-69-72(65,66)68-54-56(52-61)70-59(63)50-47-44-41-38-35-32-29-26-23-20-17-14-11-8-5-2/h7,10,12,15-17,19-21,24-27,29-30,33,39,42,56-57,61H,4-6,8-9,11,13-14,18,22-23,28,31-32,34-38,40-41,43-55H2,1-3H3,(H,65,66)/b10-7-,15-12-,19-16-,20-17-,24-21-,27-25-,29-26-,33-30-,42-39-. The Morgan fingerprint density at radius 2 is 0.764 bits per heavy atom. The predicted octanol–water partition coefficient (Wildman–Crippen LogP) is 16.2. The summed E-state index contributed by atoms with van der Waals surface area (Å²) in [7, 11) is -4.77. The minimum atomic E-state index is -4.77. The van der Waals surface area contributed by atoms with Crippen molar-refractivity contribution in [2.75, 3.05) is 26.4 Å². The van der Waals surface area contributed by atoms with Crippen LogP contribution in [0, 0.1) is 0 Å². The smallest absolute Gasteiger partial charge is 0.462 e. The molecule has 0 amide bonds. The van der Waals surface area contributed by atoms with Gasteiger partial charge in [-0.05, 0) is 116 Å². The van der Waals surface area contributed by atoms with E-state index in [1.807, 2.05) is 12.2 Å². The zero-order valence-corrected chi connectivity index (χ0v) is 46.0. The van der Waals surface area contributed by atoms with Crippen LogP contribution in [0.4, 0.5) is 0 Å². The van der Waals surface area contributed by atoms with Gasteiger partial charge in [0.1, 0.15) is 12.7 Å². The number of phosphoric acid groups is 1. The molecule has 0 saturated carbocycles. The zero-order chi connectivity index (χ0) is 52.7. The predicted molar refractivity (Wildman–Crippen MR) is 297 cm³/mol. The van der Waals surface area contributed by atoms with E-state index in [1.165, 1.54) is 19.3 Å². The monoisotopic (exact) mass is 1030 g/mol. The van der Waals surface area contributed by atoms with Crippen molar-refractivity contribution in [1.82, 2.24) is 0 Å². The van der Waals surface area contributed by atoms with Crippen LogP contribution in [0.5, 0.6) is 0 Å². The van der Waals surface area contributed by atoms with Crippen LogP contribution in [0.2, 0.25) is 0 Å². The first-order valence-electron chi connectivity index (χ1n) is 27.8. The highest BCUT2D eigenvalue weighted by Crippen LogP contribution is 2.43. The molecule has 0 aliphatic rings. The van der Waals surface area contributed by atoms with Crippen molar-refractivity contribution in [3.63, 3.8) is 0 Å². The summed E-state index contributed by atoms with van der Waals surface area (Å²) >= 11 is 0. The number of carbonyl (C=O) groups excluding carboxylic acids is 3. The second kappa shape index (κ2) is 53.4. The van der Waals surface area contributed by atoms with Gasteiger partial charge in [0.05, 0.1) is 19.8 Å². The number of carbonyl (C=O) groups is 3. The summed E-state index contributed by atoms with van der Waals surface area (Å²) in [4.78, 5) is 48.4. The fourth-order valence-electron chi connectivity index (χ4n) is 6.93. The highest BCUT2D eigenvalue weighted by atomic mass is 31.2. The lowest BCUT2D eigenvalue weighted by molar-refractivity contribution is -0.161. The Bertz CT molecular complexity index is 1620. The van der Waals surface area contributed by atoms with Crippen molar-refractivity contribution in [1.29, 1.82) is 0 Å². The van der Waals surface area contributed by atoms with E-state index in [4.69, 9.17) is 23.3 Å². The molecule has 3 unspecified atom stereocenters. The van der Waals surface area contributed by atoms with Gasteiger partial charge in [0.2, 0.25) is 0 Å². The molecule has 0 saturated heterocycles. The van der Waals surface area contributed by atoms with Crippen LogP contribution in [0.1, 0.15) is 213 Å². The van der Waals surface area contributed by atoms with E-state index in [1.54, 1.807) is 0 Å². The molecular formula is C60H99O11P. The maximum Gasteiger partial charge on any atom is 0.472 e. The number of hydrogen-bond acceptors (Lipinski definition) is 10. The third-order valence-corrected chi connectivity index (χ3v) is 12.1. The Morgan fingerprint density at radius 1 is 0.403 bits per heavy atom. The fourth-order valence-corrected chi connectivity index (χ4v) is 7.71. The molecule has 0 bridgehead atoms. The molecule has 3 atom stereocenters. The lowest BCUT2D eigenvalue weighted by Gasteiger charge is -2.21. The topological polar surface area (TPSA) is 155 Å². The Morgan fingerprint density at radius 3 is 1.22 bits per heavy atom. The zero-order valence-electron chi connectivity index (χ0n) is 45.1. The molecule has 0 aliphatic carbocycles. The van der Waals surface area contributed by atoms with Crippen molar-refractivity contribution in [2.45, 2.75) is 226 Å². The molecule has 0 aromatic rings. The molecule has 0 aliphatic heterocycles. The molecule has 0 heterocycles. The molecule has 0 rings (SSSR count). The average Bonchev–Trinajstić information content (AvgIpc) is 3.37. The molecule has 0 aromatic carbocycles. The Balaban J connectivity index is 4.85. The van der Waals surface area contributed by atoms with Crippen LogP contribution in [0.15, 0.2) is 109 Å². The first-order valence-corrected chi connectivity index (χ1v) is 29.3. The quantitative estimate of drug-likeness (QED) is 0.0197. The molecule has 0 aromatic heterocycles. The van der Waals surface area contributed by atoms with Gasteiger partial charge in [-0.15, -0.1) is 0 Å². The number of hydrogen-bond donors (Lipinski definition) is 2. The first-order chi connectivity index (χ1) is 35.2. The number of unbranched alkanes of at least 4 members (excludes halogenated alkanes) is 15. The normalized spacial score (nSPS) is 14.2. The van der Waals surface area contributed by atoms with Gasteiger partial charge in [-0.2, -0.15) is 0 Å². The third kappa shape index (κ3) is 51.1. The van der Waals surface area contributed by atoms with Gasteiger partial charge in [-0.3, -0.25) is 23.4 Å². The molecular weight excluding hydrogens is 928 g/mol. The van der Waals surface area contributed by atoms with Gasteiger partial charge >= 0.3 is 25.7 Å². The molecule has 410 valence electrons. The van der Waals surface area contributed by atoms with Gasteiger partial charge < -0.3 is 24.2 Å². The van der Waals surface area contributed by atoms with Crippen LogP contribution >= 0.6 is 7.82 Å². The van der Waals surface area contributed by atoms with Crippen LogP contribution < -0.4 is 0 Å². The van der Waals surface area contributed by atoms with E-state index in [0.29, 0.717) is 25.7 Å². The largest absolute Gasteiger partial charge is 0.472 e. The molecule has 0 fully saturated rings. The van der Waals surface area contributed by atoms with Crippen molar-refractivity contribution in [3.8, 4) is 0 Å². The van der Waals surface area contributed by atoms with Crippen molar-refractivity contribution in [2.24, 2.45) is 0 Å². The van der Waals surface area contributed by atoms with Gasteiger partial charge in [0, 0.05) is 19.3 Å². The van der Waals surface area contributed by atoms with E-state index >= 15 is 0 Å². The van der Waals surface area contributed by atoms with Crippen LogP contribution in [-0.4, -0.2) is 66.5 Å². The molecule has 0 spiro atoms. The number of aliphatic hydroxyl groups is 1. The van der Waals surface area contributed by atoms with Crippen molar-refractivity contribution in [3.05, 3.63) is 109 Å². The number of allylic oxidation sites excluding steroid dienone is 18. The van der Waals surface area contributed by atoms with Crippen LogP contribution in [0.25, 0.3) is 0 Å². The highest BCUT2D eigenvalue weighted by Gasteiger charge is 2.28. The molecule has 2 N–H and O–H groups in total. The van der Waals surface area contributed by atoms with E-state index < -0.39 is 57.8 Å². The second-order valence-corrected chi connectivity index (χ2v) is 19.5. The lowest BCUT2D eigenvalue weighted by atomic mass is 10.1. The Kier molecular flexibility index (Phi) is 50.6. The van der Waals surface area contributed by atoms with E-state index in [0.717, 1.165) is 128 Å². The summed E-state index contributed by atoms with van der Waals surface area (Å²) in [5, 5.41) is 9.80. The van der Waals surface area contributed by atoms with Crippen LogP contribution in [-0.2, 0) is 42.2 Å². The van der Waals surface area contributed by atoms with Crippen molar-refractivity contribution >= 4 is 25.7 Å². The van der Waals surface area contributed by atoms with E-state index in [-0.39, 0.29) is 25.9 Å². The minimum Gasteiger partial charge on any atom is -0.462 e. The average molecular weight is 1030 g/mol.